The second-order valence-corrected chi connectivity index (χ2v) is 7.53. The van der Waals surface area contributed by atoms with Gasteiger partial charge in [0.05, 0.1) is 12.2 Å². The molecule has 2 heterocycles. The van der Waals surface area contributed by atoms with E-state index in [-0.39, 0.29) is 6.03 Å². The number of nitrogens with one attached hydrogen (secondary N) is 1. The van der Waals surface area contributed by atoms with Gasteiger partial charge in [-0.1, -0.05) is 44.7 Å². The second kappa shape index (κ2) is 10.4. The monoisotopic (exact) mass is 350 g/mol. The van der Waals surface area contributed by atoms with Crippen LogP contribution in [0.4, 0.5) is 4.79 Å². The van der Waals surface area contributed by atoms with Crippen molar-refractivity contribution in [3.05, 3.63) is 17.5 Å². The average molecular weight is 351 g/mol. The first kappa shape index (κ1) is 19.8. The first-order valence-corrected chi connectivity index (χ1v) is 9.72. The van der Waals surface area contributed by atoms with Crippen molar-refractivity contribution in [2.24, 2.45) is 5.92 Å². The summed E-state index contributed by atoms with van der Waals surface area (Å²) >= 11 is 0. The number of carbonyl (C=O) groups is 1. The molecule has 142 valence electrons. The Balaban J connectivity index is 1.53. The molecule has 0 radical (unpaired) electrons. The molecule has 1 saturated heterocycles. The van der Waals surface area contributed by atoms with Crippen LogP contribution in [0.5, 0.6) is 0 Å². The molecule has 1 aliphatic heterocycles. The number of amides is 2. The third-order valence-electron chi connectivity index (χ3n) is 4.70. The van der Waals surface area contributed by atoms with Gasteiger partial charge in [-0.15, -0.1) is 0 Å². The molecule has 1 aliphatic rings. The summed E-state index contributed by atoms with van der Waals surface area (Å²) in [7, 11) is 0. The molecule has 0 unspecified atom stereocenters. The highest BCUT2D eigenvalue weighted by atomic mass is 16.5. The molecule has 6 heteroatoms. The zero-order valence-electron chi connectivity index (χ0n) is 16.1. The van der Waals surface area contributed by atoms with Crippen LogP contribution in [0.3, 0.4) is 0 Å². The third kappa shape index (κ3) is 7.46. The topological polar surface area (TPSA) is 61.6 Å². The van der Waals surface area contributed by atoms with E-state index in [0.717, 1.165) is 63.1 Å². The molecule has 25 heavy (non-hydrogen) atoms. The lowest BCUT2D eigenvalue weighted by Gasteiger charge is -2.34. The van der Waals surface area contributed by atoms with Gasteiger partial charge in [-0.25, -0.2) is 4.79 Å². The molecule has 1 aromatic rings. The summed E-state index contributed by atoms with van der Waals surface area (Å²) in [6.07, 6.45) is 6.17. The maximum absolute atomic E-state index is 12.2. The summed E-state index contributed by atoms with van der Waals surface area (Å²) in [4.78, 5) is 16.4. The average Bonchev–Trinajstić information content (AvgIpc) is 2.99. The minimum atomic E-state index is 0.0809. The Morgan fingerprint density at radius 1 is 1.20 bits per heavy atom. The van der Waals surface area contributed by atoms with E-state index in [9.17, 15) is 4.79 Å². The minimum Gasteiger partial charge on any atom is -0.360 e. The van der Waals surface area contributed by atoms with Gasteiger partial charge in [0.1, 0.15) is 0 Å². The SMILES string of the molecule is Cc1cc(CN2CCN(C(=O)NCCCCCCC(C)C)CC2)on1. The van der Waals surface area contributed by atoms with Crippen molar-refractivity contribution < 1.29 is 9.32 Å². The van der Waals surface area contributed by atoms with Crippen molar-refractivity contribution >= 4 is 6.03 Å². The number of carbonyl (C=O) groups excluding carboxylic acids is 1. The fourth-order valence-electron chi connectivity index (χ4n) is 3.16. The summed E-state index contributed by atoms with van der Waals surface area (Å²) in [6.45, 7) is 11.3. The smallest absolute Gasteiger partial charge is 0.317 e. The van der Waals surface area contributed by atoms with E-state index in [0.29, 0.717) is 0 Å². The Kier molecular flexibility index (Phi) is 8.25. The number of hydrogen-bond acceptors (Lipinski definition) is 4. The molecule has 0 saturated carbocycles. The van der Waals surface area contributed by atoms with Gasteiger partial charge >= 0.3 is 6.03 Å². The molecule has 2 rings (SSSR count). The molecule has 0 bridgehead atoms. The zero-order chi connectivity index (χ0) is 18.1. The highest BCUT2D eigenvalue weighted by Crippen LogP contribution is 2.11. The number of urea groups is 1. The van der Waals surface area contributed by atoms with Crippen LogP contribution in [-0.2, 0) is 6.54 Å². The van der Waals surface area contributed by atoms with E-state index >= 15 is 0 Å². The second-order valence-electron chi connectivity index (χ2n) is 7.53. The van der Waals surface area contributed by atoms with E-state index in [2.05, 4.69) is 29.2 Å². The molecule has 1 N–H and O–H groups in total. The Labute approximate surface area is 151 Å². The summed E-state index contributed by atoms with van der Waals surface area (Å²) in [5.41, 5.74) is 0.914. The van der Waals surface area contributed by atoms with Crippen LogP contribution in [0.15, 0.2) is 10.6 Å². The summed E-state index contributed by atoms with van der Waals surface area (Å²) in [6, 6.07) is 2.05. The molecule has 0 atom stereocenters. The molecule has 1 fully saturated rings. The fraction of sp³-hybridized carbons (Fsp3) is 0.789. The van der Waals surface area contributed by atoms with Crippen molar-refractivity contribution in [3.8, 4) is 0 Å². The standard InChI is InChI=1S/C19H34N4O2/c1-16(2)8-6-4-5-7-9-20-19(24)23-12-10-22(11-13-23)15-18-14-17(3)21-25-18/h14,16H,4-13,15H2,1-3H3,(H,20,24). The van der Waals surface area contributed by atoms with E-state index < -0.39 is 0 Å². The highest BCUT2D eigenvalue weighted by molar-refractivity contribution is 5.74. The van der Waals surface area contributed by atoms with Gasteiger partial charge < -0.3 is 14.7 Å². The summed E-state index contributed by atoms with van der Waals surface area (Å²) in [5.74, 6) is 1.69. The van der Waals surface area contributed by atoms with Gasteiger partial charge in [0.15, 0.2) is 5.76 Å². The number of piperazine rings is 1. The number of aryl methyl sites for hydroxylation is 1. The predicted octanol–water partition coefficient (Wildman–Crippen LogP) is 3.42. The molecular weight excluding hydrogens is 316 g/mol. The zero-order valence-corrected chi connectivity index (χ0v) is 16.1. The molecule has 0 aromatic carbocycles. The predicted molar refractivity (Wildman–Crippen MR) is 99.4 cm³/mol. The largest absolute Gasteiger partial charge is 0.360 e. The van der Waals surface area contributed by atoms with Gasteiger partial charge in [0.2, 0.25) is 0 Å². The van der Waals surface area contributed by atoms with Crippen molar-refractivity contribution in [1.82, 2.24) is 20.3 Å². The number of rotatable bonds is 9. The van der Waals surface area contributed by atoms with Crippen molar-refractivity contribution in [2.75, 3.05) is 32.7 Å². The van der Waals surface area contributed by atoms with Gasteiger partial charge in [-0.05, 0) is 19.3 Å². The Bertz CT molecular complexity index is 507. The van der Waals surface area contributed by atoms with Crippen LogP contribution in [0, 0.1) is 12.8 Å². The quantitative estimate of drug-likeness (QED) is 0.693. The van der Waals surface area contributed by atoms with E-state index in [1.54, 1.807) is 0 Å². The van der Waals surface area contributed by atoms with Gasteiger partial charge in [0, 0.05) is 38.8 Å². The molecular formula is C19H34N4O2. The summed E-state index contributed by atoms with van der Waals surface area (Å²) < 4.78 is 5.26. The van der Waals surface area contributed by atoms with E-state index in [4.69, 9.17) is 4.52 Å². The van der Waals surface area contributed by atoms with Gasteiger partial charge in [-0.2, -0.15) is 0 Å². The Hall–Kier alpha value is -1.56. The lowest BCUT2D eigenvalue weighted by Crippen LogP contribution is -2.51. The highest BCUT2D eigenvalue weighted by Gasteiger charge is 2.21. The van der Waals surface area contributed by atoms with Gasteiger partial charge in [-0.3, -0.25) is 4.90 Å². The molecule has 0 spiro atoms. The van der Waals surface area contributed by atoms with Crippen molar-refractivity contribution in [2.45, 2.75) is 59.4 Å². The Morgan fingerprint density at radius 3 is 2.56 bits per heavy atom. The van der Waals surface area contributed by atoms with Crippen LogP contribution in [-0.4, -0.2) is 53.7 Å². The van der Waals surface area contributed by atoms with Crippen LogP contribution in [0.2, 0.25) is 0 Å². The number of unbranched alkanes of at least 4 members (excludes halogenated alkanes) is 3. The van der Waals surface area contributed by atoms with Crippen LogP contribution >= 0.6 is 0 Å². The first-order chi connectivity index (χ1) is 12.0. The maximum Gasteiger partial charge on any atom is 0.317 e. The van der Waals surface area contributed by atoms with Crippen LogP contribution in [0.1, 0.15) is 57.4 Å². The maximum atomic E-state index is 12.2. The Morgan fingerprint density at radius 2 is 1.92 bits per heavy atom. The number of hydrogen-bond donors (Lipinski definition) is 1. The van der Waals surface area contributed by atoms with Crippen molar-refractivity contribution in [1.29, 1.82) is 0 Å². The minimum absolute atomic E-state index is 0.0809. The van der Waals surface area contributed by atoms with E-state index in [1.165, 1.54) is 25.7 Å². The number of nitrogens with zero attached hydrogens (tertiary/aromatic N) is 3. The molecule has 1 aromatic heterocycles. The van der Waals surface area contributed by atoms with Crippen molar-refractivity contribution in [3.63, 3.8) is 0 Å². The normalized spacial score (nSPS) is 15.8. The van der Waals surface area contributed by atoms with Gasteiger partial charge in [0.25, 0.3) is 0 Å². The molecule has 0 aliphatic carbocycles. The number of aromatic nitrogens is 1. The fourth-order valence-corrected chi connectivity index (χ4v) is 3.16. The molecule has 2 amide bonds. The third-order valence-corrected chi connectivity index (χ3v) is 4.70. The lowest BCUT2D eigenvalue weighted by molar-refractivity contribution is 0.128. The first-order valence-electron chi connectivity index (χ1n) is 9.72. The molecule has 6 nitrogen and oxygen atoms in total. The van der Waals surface area contributed by atoms with Crippen LogP contribution < -0.4 is 5.32 Å². The lowest BCUT2D eigenvalue weighted by atomic mass is 10.0. The van der Waals surface area contributed by atoms with Crippen LogP contribution in [0.25, 0.3) is 0 Å². The van der Waals surface area contributed by atoms with E-state index in [1.807, 2.05) is 17.9 Å². The summed E-state index contributed by atoms with van der Waals surface area (Å²) in [5, 5.41) is 6.98.